The molecule has 1 unspecified atom stereocenters. The van der Waals surface area contributed by atoms with Gasteiger partial charge in [-0.2, -0.15) is 0 Å². The maximum absolute atomic E-state index is 13.4. The highest BCUT2D eigenvalue weighted by Gasteiger charge is 2.10. The third kappa shape index (κ3) is 4.29. The molecule has 1 aromatic rings. The lowest BCUT2D eigenvalue weighted by Gasteiger charge is -2.09. The summed E-state index contributed by atoms with van der Waals surface area (Å²) in [6, 6.07) is 4.17. The number of rotatable bonds is 6. The second kappa shape index (κ2) is 7.36. The molecule has 0 aliphatic carbocycles. The van der Waals surface area contributed by atoms with Crippen LogP contribution in [0.4, 0.5) is 4.39 Å². The highest BCUT2D eigenvalue weighted by molar-refractivity contribution is 9.09. The maximum Gasteiger partial charge on any atom is 0.251 e. The van der Waals surface area contributed by atoms with Gasteiger partial charge in [0.2, 0.25) is 0 Å². The molecule has 18 heavy (non-hydrogen) atoms. The van der Waals surface area contributed by atoms with Crippen LogP contribution in [0.25, 0.3) is 0 Å². The number of carbonyl (C=O) groups excluding carboxylic acids is 1. The third-order valence-electron chi connectivity index (χ3n) is 2.60. The van der Waals surface area contributed by atoms with Gasteiger partial charge in [-0.1, -0.05) is 22.9 Å². The van der Waals surface area contributed by atoms with Gasteiger partial charge in [0.25, 0.3) is 5.91 Å². The molecule has 0 saturated heterocycles. The fourth-order valence-corrected chi connectivity index (χ4v) is 1.69. The SMILES string of the molecule is CCC(Br)CCNC(=O)c1ccc(OC)c(F)c1. The molecule has 0 radical (unpaired) electrons. The largest absolute Gasteiger partial charge is 0.494 e. The average Bonchev–Trinajstić information content (AvgIpc) is 2.38. The Kier molecular flexibility index (Phi) is 6.12. The molecule has 0 saturated carbocycles. The fraction of sp³-hybridized carbons (Fsp3) is 0.462. The number of hydrogen-bond donors (Lipinski definition) is 1. The predicted octanol–water partition coefficient (Wildman–Crippen LogP) is 3.13. The Balaban J connectivity index is 2.54. The highest BCUT2D eigenvalue weighted by atomic mass is 79.9. The van der Waals surface area contributed by atoms with Gasteiger partial charge in [-0.05, 0) is 31.0 Å². The highest BCUT2D eigenvalue weighted by Crippen LogP contribution is 2.17. The van der Waals surface area contributed by atoms with E-state index in [1.807, 2.05) is 0 Å². The zero-order valence-corrected chi connectivity index (χ0v) is 12.1. The number of amides is 1. The molecule has 0 bridgehead atoms. The van der Waals surface area contributed by atoms with E-state index >= 15 is 0 Å². The Labute approximate surface area is 115 Å². The van der Waals surface area contributed by atoms with Gasteiger partial charge in [-0.15, -0.1) is 0 Å². The van der Waals surface area contributed by atoms with Crippen molar-refractivity contribution >= 4 is 21.8 Å². The van der Waals surface area contributed by atoms with E-state index in [1.54, 1.807) is 6.07 Å². The number of halogens is 2. The van der Waals surface area contributed by atoms with Gasteiger partial charge < -0.3 is 10.1 Å². The summed E-state index contributed by atoms with van der Waals surface area (Å²) >= 11 is 3.49. The Morgan fingerprint density at radius 3 is 2.83 bits per heavy atom. The van der Waals surface area contributed by atoms with Crippen LogP contribution in [0.15, 0.2) is 18.2 Å². The third-order valence-corrected chi connectivity index (χ3v) is 3.71. The Morgan fingerprint density at radius 1 is 1.56 bits per heavy atom. The summed E-state index contributed by atoms with van der Waals surface area (Å²) in [5.41, 5.74) is 0.302. The topological polar surface area (TPSA) is 38.3 Å². The zero-order valence-electron chi connectivity index (χ0n) is 10.5. The smallest absolute Gasteiger partial charge is 0.251 e. The summed E-state index contributed by atoms with van der Waals surface area (Å²) in [7, 11) is 1.39. The minimum atomic E-state index is -0.530. The van der Waals surface area contributed by atoms with E-state index in [2.05, 4.69) is 28.2 Å². The van der Waals surface area contributed by atoms with E-state index in [0.717, 1.165) is 12.8 Å². The van der Waals surface area contributed by atoms with Gasteiger partial charge in [0.05, 0.1) is 7.11 Å². The second-order valence-electron chi connectivity index (χ2n) is 3.90. The number of methoxy groups -OCH3 is 1. The molecular weight excluding hydrogens is 301 g/mol. The lowest BCUT2D eigenvalue weighted by Crippen LogP contribution is -2.26. The summed E-state index contributed by atoms with van der Waals surface area (Å²) < 4.78 is 18.2. The van der Waals surface area contributed by atoms with E-state index in [9.17, 15) is 9.18 Å². The molecule has 1 rings (SSSR count). The van der Waals surface area contributed by atoms with Crippen molar-refractivity contribution in [1.82, 2.24) is 5.32 Å². The normalized spacial score (nSPS) is 12.0. The Hall–Kier alpha value is -1.10. The number of hydrogen-bond acceptors (Lipinski definition) is 2. The van der Waals surface area contributed by atoms with Crippen molar-refractivity contribution in [2.45, 2.75) is 24.6 Å². The first kappa shape index (κ1) is 15.0. The lowest BCUT2D eigenvalue weighted by atomic mass is 10.2. The van der Waals surface area contributed by atoms with Gasteiger partial charge in [0.15, 0.2) is 11.6 Å². The number of nitrogens with one attached hydrogen (secondary N) is 1. The molecular formula is C13H17BrFNO2. The van der Waals surface area contributed by atoms with Crippen LogP contribution in [0, 0.1) is 5.82 Å². The molecule has 5 heteroatoms. The molecule has 0 fully saturated rings. The first-order valence-electron chi connectivity index (χ1n) is 5.84. The average molecular weight is 318 g/mol. The molecule has 0 aromatic heterocycles. The lowest BCUT2D eigenvalue weighted by molar-refractivity contribution is 0.0952. The van der Waals surface area contributed by atoms with E-state index in [-0.39, 0.29) is 11.7 Å². The summed E-state index contributed by atoms with van der Waals surface area (Å²) in [6.07, 6.45) is 1.86. The summed E-state index contributed by atoms with van der Waals surface area (Å²) in [5.74, 6) is -0.664. The minimum Gasteiger partial charge on any atom is -0.494 e. The first-order valence-corrected chi connectivity index (χ1v) is 6.75. The van der Waals surface area contributed by atoms with E-state index < -0.39 is 5.82 Å². The van der Waals surface area contributed by atoms with Crippen LogP contribution in [0.2, 0.25) is 0 Å². The minimum absolute atomic E-state index is 0.137. The van der Waals surface area contributed by atoms with Gasteiger partial charge in [0.1, 0.15) is 0 Å². The van der Waals surface area contributed by atoms with Crippen molar-refractivity contribution in [1.29, 1.82) is 0 Å². The molecule has 1 aromatic carbocycles. The molecule has 1 atom stereocenters. The number of alkyl halides is 1. The first-order chi connectivity index (χ1) is 8.58. The van der Waals surface area contributed by atoms with Gasteiger partial charge in [0, 0.05) is 16.9 Å². The van der Waals surface area contributed by atoms with Crippen LogP contribution >= 0.6 is 15.9 Å². The summed E-state index contributed by atoms with van der Waals surface area (Å²) in [5, 5.41) is 2.75. The van der Waals surface area contributed by atoms with E-state index in [4.69, 9.17) is 4.74 Å². The maximum atomic E-state index is 13.4. The van der Waals surface area contributed by atoms with Crippen molar-refractivity contribution in [3.8, 4) is 5.75 Å². The predicted molar refractivity (Wildman–Crippen MR) is 72.9 cm³/mol. The molecule has 0 aliphatic heterocycles. The van der Waals surface area contributed by atoms with Crippen molar-refractivity contribution in [2.75, 3.05) is 13.7 Å². The van der Waals surface area contributed by atoms with Crippen molar-refractivity contribution < 1.29 is 13.9 Å². The van der Waals surface area contributed by atoms with Crippen LogP contribution in [0.5, 0.6) is 5.75 Å². The Morgan fingerprint density at radius 2 is 2.28 bits per heavy atom. The summed E-state index contributed by atoms with van der Waals surface area (Å²) in [4.78, 5) is 12.1. The van der Waals surface area contributed by atoms with Crippen LogP contribution in [-0.4, -0.2) is 24.4 Å². The summed E-state index contributed by atoms with van der Waals surface area (Å²) in [6.45, 7) is 2.64. The van der Waals surface area contributed by atoms with Crippen LogP contribution < -0.4 is 10.1 Å². The van der Waals surface area contributed by atoms with Gasteiger partial charge in [-0.3, -0.25) is 4.79 Å². The molecule has 0 heterocycles. The number of carbonyl (C=O) groups is 1. The molecule has 0 aliphatic rings. The molecule has 1 amide bonds. The standard InChI is InChI=1S/C13H17BrFNO2/c1-3-10(14)6-7-16-13(17)9-4-5-12(18-2)11(15)8-9/h4-5,8,10H,3,6-7H2,1-2H3,(H,16,17). The zero-order chi connectivity index (χ0) is 13.5. The fourth-order valence-electron chi connectivity index (χ4n) is 1.46. The number of ether oxygens (including phenoxy) is 1. The molecule has 1 N–H and O–H groups in total. The van der Waals surface area contributed by atoms with Crippen molar-refractivity contribution in [2.24, 2.45) is 0 Å². The van der Waals surface area contributed by atoms with Gasteiger partial charge in [-0.25, -0.2) is 4.39 Å². The Bertz CT molecular complexity index is 412. The van der Waals surface area contributed by atoms with Crippen molar-refractivity contribution in [3.63, 3.8) is 0 Å². The van der Waals surface area contributed by atoms with Crippen LogP contribution in [0.3, 0.4) is 0 Å². The second-order valence-corrected chi connectivity index (χ2v) is 5.19. The number of benzene rings is 1. The quantitative estimate of drug-likeness (QED) is 0.819. The molecule has 100 valence electrons. The van der Waals surface area contributed by atoms with E-state index in [0.29, 0.717) is 16.9 Å². The van der Waals surface area contributed by atoms with Crippen LogP contribution in [0.1, 0.15) is 30.1 Å². The van der Waals surface area contributed by atoms with Crippen LogP contribution in [-0.2, 0) is 0 Å². The monoisotopic (exact) mass is 317 g/mol. The van der Waals surface area contributed by atoms with E-state index in [1.165, 1.54) is 19.2 Å². The molecule has 0 spiro atoms. The van der Waals surface area contributed by atoms with Gasteiger partial charge >= 0.3 is 0 Å². The molecule has 3 nitrogen and oxygen atoms in total. The van der Waals surface area contributed by atoms with Crippen molar-refractivity contribution in [3.05, 3.63) is 29.6 Å².